The van der Waals surface area contributed by atoms with Crippen molar-refractivity contribution in [1.29, 1.82) is 0 Å². The van der Waals surface area contributed by atoms with Crippen molar-refractivity contribution in [2.24, 2.45) is 10.9 Å². The van der Waals surface area contributed by atoms with Crippen molar-refractivity contribution in [2.75, 3.05) is 7.11 Å². The molecule has 0 fully saturated rings. The maximum Gasteiger partial charge on any atom is 0.250 e. The Hall–Kier alpha value is -1.62. The zero-order valence-electron chi connectivity index (χ0n) is 12.6. The predicted molar refractivity (Wildman–Crippen MR) is 82.2 cm³/mol. The standard InChI is InChI=1S/C15H20N2O2S/c1-6-17-12-11(19-5)8-7-10(4)13(12)20-15(17)16-14(18)9(2)3/h7-9H,6H2,1-5H3. The number of hydrogen-bond donors (Lipinski definition) is 0. The summed E-state index contributed by atoms with van der Waals surface area (Å²) in [6.45, 7) is 8.59. The molecule has 1 aromatic heterocycles. The van der Waals surface area contributed by atoms with Gasteiger partial charge in [0.05, 0.1) is 11.8 Å². The Morgan fingerprint density at radius 3 is 2.70 bits per heavy atom. The SMILES string of the molecule is CCn1c(=NC(=O)C(C)C)sc2c(C)ccc(OC)c21. The highest BCUT2D eigenvalue weighted by Gasteiger charge is 2.14. The van der Waals surface area contributed by atoms with E-state index >= 15 is 0 Å². The predicted octanol–water partition coefficient (Wildman–Crippen LogP) is 3.12. The molecule has 0 spiro atoms. The van der Waals surface area contributed by atoms with Crippen molar-refractivity contribution < 1.29 is 9.53 Å². The number of thiazole rings is 1. The lowest BCUT2D eigenvalue weighted by Crippen LogP contribution is -2.17. The van der Waals surface area contributed by atoms with E-state index in [1.165, 1.54) is 5.56 Å². The van der Waals surface area contributed by atoms with E-state index in [-0.39, 0.29) is 11.8 Å². The molecule has 108 valence electrons. The van der Waals surface area contributed by atoms with Crippen molar-refractivity contribution >= 4 is 27.5 Å². The number of carbonyl (C=O) groups excluding carboxylic acids is 1. The molecule has 0 unspecified atom stereocenters. The molecule has 2 aromatic rings. The molecule has 1 amide bonds. The van der Waals surface area contributed by atoms with E-state index in [0.29, 0.717) is 0 Å². The van der Waals surface area contributed by atoms with Crippen molar-refractivity contribution in [3.8, 4) is 5.75 Å². The van der Waals surface area contributed by atoms with E-state index < -0.39 is 0 Å². The third kappa shape index (κ3) is 2.50. The summed E-state index contributed by atoms with van der Waals surface area (Å²) in [5.41, 5.74) is 2.20. The lowest BCUT2D eigenvalue weighted by Gasteiger charge is -2.07. The highest BCUT2D eigenvalue weighted by Crippen LogP contribution is 2.30. The third-order valence-electron chi connectivity index (χ3n) is 3.22. The normalized spacial score (nSPS) is 12.4. The summed E-state index contributed by atoms with van der Waals surface area (Å²) in [7, 11) is 1.66. The van der Waals surface area contributed by atoms with Crippen LogP contribution >= 0.6 is 11.3 Å². The molecule has 1 heterocycles. The van der Waals surface area contributed by atoms with Gasteiger partial charge in [-0.05, 0) is 25.5 Å². The summed E-state index contributed by atoms with van der Waals surface area (Å²) in [5.74, 6) is 0.644. The number of fused-ring (bicyclic) bond motifs is 1. The summed E-state index contributed by atoms with van der Waals surface area (Å²) >= 11 is 1.55. The first-order valence-electron chi connectivity index (χ1n) is 6.75. The molecule has 0 aliphatic rings. The fourth-order valence-corrected chi connectivity index (χ4v) is 3.23. The number of carbonyl (C=O) groups is 1. The van der Waals surface area contributed by atoms with Crippen LogP contribution in [0.1, 0.15) is 26.3 Å². The molecule has 4 nitrogen and oxygen atoms in total. The Kier molecular flexibility index (Phi) is 4.28. The van der Waals surface area contributed by atoms with E-state index in [2.05, 4.69) is 11.9 Å². The van der Waals surface area contributed by atoms with Gasteiger partial charge < -0.3 is 9.30 Å². The minimum Gasteiger partial charge on any atom is -0.495 e. The van der Waals surface area contributed by atoms with E-state index in [1.807, 2.05) is 37.5 Å². The third-order valence-corrected chi connectivity index (χ3v) is 4.44. The summed E-state index contributed by atoms with van der Waals surface area (Å²) in [4.78, 5) is 16.9. The Bertz CT molecular complexity index is 710. The summed E-state index contributed by atoms with van der Waals surface area (Å²) in [6.07, 6.45) is 0. The number of nitrogens with zero attached hydrogens (tertiary/aromatic N) is 2. The zero-order valence-corrected chi connectivity index (χ0v) is 13.4. The maximum absolute atomic E-state index is 11.9. The van der Waals surface area contributed by atoms with Crippen molar-refractivity contribution in [3.63, 3.8) is 0 Å². The Morgan fingerprint density at radius 1 is 1.45 bits per heavy atom. The van der Waals surface area contributed by atoms with Crippen molar-refractivity contribution in [2.45, 2.75) is 34.2 Å². The summed E-state index contributed by atoms with van der Waals surface area (Å²) < 4.78 is 8.62. The van der Waals surface area contributed by atoms with Crippen LogP contribution in [0.4, 0.5) is 0 Å². The van der Waals surface area contributed by atoms with Gasteiger partial charge in [-0.2, -0.15) is 4.99 Å². The van der Waals surface area contributed by atoms with E-state index in [9.17, 15) is 4.79 Å². The van der Waals surface area contributed by atoms with Gasteiger partial charge in [0.2, 0.25) is 0 Å². The smallest absolute Gasteiger partial charge is 0.250 e. The van der Waals surface area contributed by atoms with Gasteiger partial charge in [-0.1, -0.05) is 31.3 Å². The molecule has 0 N–H and O–H groups in total. The molecule has 0 atom stereocenters. The van der Waals surface area contributed by atoms with E-state index in [0.717, 1.165) is 27.3 Å². The van der Waals surface area contributed by atoms with Gasteiger partial charge in [-0.15, -0.1) is 0 Å². The van der Waals surface area contributed by atoms with Gasteiger partial charge in [0.15, 0.2) is 4.80 Å². The lowest BCUT2D eigenvalue weighted by molar-refractivity contribution is -0.120. The minimum absolute atomic E-state index is 0.0876. The quantitative estimate of drug-likeness (QED) is 0.872. The first-order chi connectivity index (χ1) is 9.49. The fraction of sp³-hybridized carbons (Fsp3) is 0.467. The monoisotopic (exact) mass is 292 g/mol. The number of benzene rings is 1. The molecule has 0 bridgehead atoms. The van der Waals surface area contributed by atoms with Gasteiger partial charge in [-0.3, -0.25) is 4.79 Å². The molecule has 20 heavy (non-hydrogen) atoms. The molecular weight excluding hydrogens is 272 g/mol. The summed E-state index contributed by atoms with van der Waals surface area (Å²) in [5, 5.41) is 0. The van der Waals surface area contributed by atoms with Crippen LogP contribution in [0, 0.1) is 12.8 Å². The number of aryl methyl sites for hydroxylation is 2. The number of ether oxygens (including phenoxy) is 1. The molecule has 0 saturated carbocycles. The fourth-order valence-electron chi connectivity index (χ4n) is 2.05. The lowest BCUT2D eigenvalue weighted by atomic mass is 10.2. The Labute approximate surface area is 122 Å². The summed E-state index contributed by atoms with van der Waals surface area (Å²) in [6, 6.07) is 4.00. The van der Waals surface area contributed by atoms with Crippen molar-refractivity contribution in [1.82, 2.24) is 4.57 Å². The zero-order chi connectivity index (χ0) is 14.9. The number of hydrogen-bond acceptors (Lipinski definition) is 3. The minimum atomic E-state index is -0.0893. The van der Waals surface area contributed by atoms with Gasteiger partial charge >= 0.3 is 0 Å². The van der Waals surface area contributed by atoms with Crippen LogP contribution in [0.25, 0.3) is 10.2 Å². The maximum atomic E-state index is 11.9. The number of aromatic nitrogens is 1. The average Bonchev–Trinajstić information content (AvgIpc) is 2.78. The second-order valence-electron chi connectivity index (χ2n) is 5.00. The second kappa shape index (κ2) is 5.79. The number of amides is 1. The molecule has 5 heteroatoms. The van der Waals surface area contributed by atoms with Gasteiger partial charge in [0.1, 0.15) is 11.3 Å². The number of methoxy groups -OCH3 is 1. The molecule has 2 rings (SSSR count). The molecule has 1 aromatic carbocycles. The van der Waals surface area contributed by atoms with Gasteiger partial charge in [-0.25, -0.2) is 0 Å². The highest BCUT2D eigenvalue weighted by molar-refractivity contribution is 7.16. The van der Waals surface area contributed by atoms with Crippen LogP contribution in [0.2, 0.25) is 0 Å². The van der Waals surface area contributed by atoms with E-state index in [1.54, 1.807) is 18.4 Å². The molecule has 0 saturated heterocycles. The average molecular weight is 292 g/mol. The van der Waals surface area contributed by atoms with Crippen LogP contribution in [-0.2, 0) is 11.3 Å². The van der Waals surface area contributed by atoms with Crippen LogP contribution in [0.3, 0.4) is 0 Å². The topological polar surface area (TPSA) is 43.6 Å². The van der Waals surface area contributed by atoms with Crippen LogP contribution in [0.5, 0.6) is 5.75 Å². The van der Waals surface area contributed by atoms with Gasteiger partial charge in [0.25, 0.3) is 5.91 Å². The Morgan fingerprint density at radius 2 is 2.15 bits per heavy atom. The van der Waals surface area contributed by atoms with Gasteiger partial charge in [0, 0.05) is 12.5 Å². The van der Waals surface area contributed by atoms with Crippen LogP contribution < -0.4 is 9.54 Å². The number of rotatable bonds is 3. The molecule has 0 aliphatic heterocycles. The van der Waals surface area contributed by atoms with Crippen molar-refractivity contribution in [3.05, 3.63) is 22.5 Å². The largest absolute Gasteiger partial charge is 0.495 e. The van der Waals surface area contributed by atoms with E-state index in [4.69, 9.17) is 4.74 Å². The first-order valence-corrected chi connectivity index (χ1v) is 7.56. The van der Waals surface area contributed by atoms with Crippen LogP contribution in [0.15, 0.2) is 17.1 Å². The highest BCUT2D eigenvalue weighted by atomic mass is 32.1. The molecule has 0 aliphatic carbocycles. The molecular formula is C15H20N2O2S. The second-order valence-corrected chi connectivity index (χ2v) is 5.97. The Balaban J connectivity index is 2.81. The van der Waals surface area contributed by atoms with Crippen LogP contribution in [-0.4, -0.2) is 17.6 Å². The first kappa shape index (κ1) is 14.8. The molecule has 0 radical (unpaired) electrons.